The summed E-state index contributed by atoms with van der Waals surface area (Å²) in [6.07, 6.45) is 1.02. The molecule has 0 spiro atoms. The number of fused-ring (bicyclic) bond motifs is 2. The van der Waals surface area contributed by atoms with Gasteiger partial charge in [-0.2, -0.15) is 0 Å². The number of pyridine rings is 1. The van der Waals surface area contributed by atoms with E-state index in [0.29, 0.717) is 34.4 Å². The molecule has 3 heterocycles. The van der Waals surface area contributed by atoms with Gasteiger partial charge < -0.3 is 23.9 Å². The van der Waals surface area contributed by atoms with Gasteiger partial charge in [-0.15, -0.1) is 0 Å². The van der Waals surface area contributed by atoms with E-state index in [-0.39, 0.29) is 43.9 Å². The molecule has 0 saturated heterocycles. The van der Waals surface area contributed by atoms with Gasteiger partial charge >= 0.3 is 12.1 Å². The maximum atomic E-state index is 13.6. The number of benzene rings is 2. The normalized spacial score (nSPS) is 11.0. The molecule has 0 atom stereocenters. The molecule has 0 unspecified atom stereocenters. The van der Waals surface area contributed by atoms with Gasteiger partial charge in [0.15, 0.2) is 11.4 Å². The van der Waals surface area contributed by atoms with Crippen LogP contribution in [-0.4, -0.2) is 57.4 Å². The van der Waals surface area contributed by atoms with Gasteiger partial charge in [0.25, 0.3) is 5.91 Å². The summed E-state index contributed by atoms with van der Waals surface area (Å²) in [4.78, 5) is 48.0. The number of hydrogen-bond acceptors (Lipinski definition) is 10. The van der Waals surface area contributed by atoms with E-state index in [9.17, 15) is 14.4 Å². The Bertz CT molecular complexity index is 1770. The maximum absolute atomic E-state index is 13.6. The molecule has 222 valence electrons. The number of nitrogens with zero attached hydrogens (tertiary/aromatic N) is 5. The number of nitrogens with one attached hydrogen (secondary N) is 2. The molecule has 2 N–H and O–H groups in total. The lowest BCUT2D eigenvalue weighted by Crippen LogP contribution is -2.34. The van der Waals surface area contributed by atoms with Crippen molar-refractivity contribution in [2.45, 2.75) is 26.8 Å². The number of aromatic nitrogens is 4. The molecule has 43 heavy (non-hydrogen) atoms. The summed E-state index contributed by atoms with van der Waals surface area (Å²) < 4.78 is 17.2. The standard InChI is InChI=1S/C30H31N7O6/c1-4-41-27(38)13-15-37(25-8-6-7-14-31-25)29(39)19-9-11-23-22(16-19)33-26(36(23)3)18-32-20-10-12-24-21(17-20)28(35-43-24)34-30(40)42-5-2/h6-12,14,16-17,32H,4-5,13,15,18H2,1-3H3,(H,34,35,40). The van der Waals surface area contributed by atoms with E-state index in [1.165, 1.54) is 4.90 Å². The van der Waals surface area contributed by atoms with Gasteiger partial charge in [0.05, 0.1) is 42.6 Å². The van der Waals surface area contributed by atoms with E-state index < -0.39 is 6.09 Å². The Balaban J connectivity index is 1.34. The summed E-state index contributed by atoms with van der Waals surface area (Å²) in [5.41, 5.74) is 3.18. The number of hydrogen-bond donors (Lipinski definition) is 2. The Morgan fingerprint density at radius 2 is 1.86 bits per heavy atom. The third kappa shape index (κ3) is 6.56. The van der Waals surface area contributed by atoms with Crippen molar-refractivity contribution in [1.82, 2.24) is 19.7 Å². The minimum atomic E-state index is -0.615. The molecule has 0 fully saturated rings. The van der Waals surface area contributed by atoms with Gasteiger partial charge in [-0.25, -0.2) is 14.8 Å². The number of carbonyl (C=O) groups excluding carboxylic acids is 3. The van der Waals surface area contributed by atoms with E-state index >= 15 is 0 Å². The summed E-state index contributed by atoms with van der Waals surface area (Å²) in [5.74, 6) is 0.749. The third-order valence-corrected chi connectivity index (χ3v) is 6.65. The fourth-order valence-electron chi connectivity index (χ4n) is 4.55. The van der Waals surface area contributed by atoms with Crippen LogP contribution in [0.3, 0.4) is 0 Å². The van der Waals surface area contributed by atoms with Crippen molar-refractivity contribution in [2.24, 2.45) is 7.05 Å². The molecule has 5 rings (SSSR count). The number of ether oxygens (including phenoxy) is 2. The Kier molecular flexibility index (Phi) is 8.79. The van der Waals surface area contributed by atoms with Gasteiger partial charge in [0, 0.05) is 31.0 Å². The van der Waals surface area contributed by atoms with Crippen LogP contribution in [0.5, 0.6) is 0 Å². The summed E-state index contributed by atoms with van der Waals surface area (Å²) >= 11 is 0. The second-order valence-corrected chi connectivity index (χ2v) is 9.43. The van der Waals surface area contributed by atoms with Gasteiger partial charge in [0.1, 0.15) is 11.6 Å². The van der Waals surface area contributed by atoms with Crippen LogP contribution >= 0.6 is 0 Å². The molecule has 13 heteroatoms. The predicted octanol–water partition coefficient (Wildman–Crippen LogP) is 4.89. The molecule has 3 aromatic heterocycles. The van der Waals surface area contributed by atoms with Gasteiger partial charge in [-0.3, -0.25) is 19.8 Å². The average molecular weight is 586 g/mol. The van der Waals surface area contributed by atoms with Crippen LogP contribution in [0.1, 0.15) is 36.5 Å². The number of amides is 2. The lowest BCUT2D eigenvalue weighted by Gasteiger charge is -2.21. The fraction of sp³-hybridized carbons (Fsp3) is 0.267. The number of aryl methyl sites for hydroxylation is 1. The number of carbonyl (C=O) groups is 3. The van der Waals surface area contributed by atoms with Crippen molar-refractivity contribution in [2.75, 3.05) is 35.3 Å². The largest absolute Gasteiger partial charge is 0.466 e. The highest BCUT2D eigenvalue weighted by Crippen LogP contribution is 2.27. The lowest BCUT2D eigenvalue weighted by atomic mass is 10.1. The van der Waals surface area contributed by atoms with Crippen LogP contribution in [0, 0.1) is 0 Å². The first-order valence-electron chi connectivity index (χ1n) is 13.8. The molecule has 0 radical (unpaired) electrons. The third-order valence-electron chi connectivity index (χ3n) is 6.65. The van der Waals surface area contributed by atoms with Crippen molar-refractivity contribution in [1.29, 1.82) is 0 Å². The van der Waals surface area contributed by atoms with Crippen molar-refractivity contribution < 1.29 is 28.4 Å². The maximum Gasteiger partial charge on any atom is 0.412 e. The minimum Gasteiger partial charge on any atom is -0.466 e. The second kappa shape index (κ2) is 13.0. The molecule has 0 aliphatic heterocycles. The SMILES string of the molecule is CCOC(=O)CCN(C(=O)c1ccc2c(c1)nc(CNc1ccc3onc(NC(=O)OCC)c3c1)n2C)c1ccccn1. The Hall–Kier alpha value is -5.46. The minimum absolute atomic E-state index is 0.0405. The monoisotopic (exact) mass is 585 g/mol. The van der Waals surface area contributed by atoms with Gasteiger partial charge in [0.2, 0.25) is 0 Å². The van der Waals surface area contributed by atoms with Crippen LogP contribution < -0.4 is 15.5 Å². The number of rotatable bonds is 11. The molecule has 2 aromatic carbocycles. The van der Waals surface area contributed by atoms with Crippen LogP contribution in [0.2, 0.25) is 0 Å². The summed E-state index contributed by atoms with van der Waals surface area (Å²) in [5, 5.41) is 10.4. The van der Waals surface area contributed by atoms with E-state index in [2.05, 4.69) is 20.8 Å². The first-order valence-corrected chi connectivity index (χ1v) is 13.8. The molecule has 0 saturated carbocycles. The van der Waals surface area contributed by atoms with Crippen LogP contribution in [0.15, 0.2) is 65.3 Å². The first kappa shape index (κ1) is 29.0. The summed E-state index contributed by atoms with van der Waals surface area (Å²) in [6, 6.07) is 16.0. The topological polar surface area (TPSA) is 154 Å². The Morgan fingerprint density at radius 3 is 2.63 bits per heavy atom. The zero-order valence-electron chi connectivity index (χ0n) is 24.0. The molecule has 2 amide bonds. The van der Waals surface area contributed by atoms with Crippen LogP contribution in [0.25, 0.3) is 22.0 Å². The van der Waals surface area contributed by atoms with Crippen molar-refractivity contribution in [3.63, 3.8) is 0 Å². The highest BCUT2D eigenvalue weighted by atomic mass is 16.5. The Morgan fingerprint density at radius 1 is 1.02 bits per heavy atom. The van der Waals surface area contributed by atoms with E-state index in [1.807, 2.05) is 29.8 Å². The van der Waals surface area contributed by atoms with E-state index in [4.69, 9.17) is 19.0 Å². The number of anilines is 3. The summed E-state index contributed by atoms with van der Waals surface area (Å²) in [7, 11) is 1.90. The van der Waals surface area contributed by atoms with Gasteiger partial charge in [-0.1, -0.05) is 11.2 Å². The quantitative estimate of drug-likeness (QED) is 0.205. The fourth-order valence-corrected chi connectivity index (χ4v) is 4.55. The van der Waals surface area contributed by atoms with Crippen LogP contribution in [-0.2, 0) is 27.9 Å². The smallest absolute Gasteiger partial charge is 0.412 e. The molecule has 0 bridgehead atoms. The van der Waals surface area contributed by atoms with E-state index in [1.54, 1.807) is 56.4 Å². The zero-order valence-corrected chi connectivity index (χ0v) is 24.0. The summed E-state index contributed by atoms with van der Waals surface area (Å²) in [6.45, 7) is 4.46. The predicted molar refractivity (Wildman–Crippen MR) is 160 cm³/mol. The van der Waals surface area contributed by atoms with E-state index in [0.717, 1.165) is 17.0 Å². The second-order valence-electron chi connectivity index (χ2n) is 9.43. The number of esters is 1. The average Bonchev–Trinajstić information content (AvgIpc) is 3.56. The van der Waals surface area contributed by atoms with Crippen LogP contribution in [0.4, 0.5) is 22.1 Å². The van der Waals surface area contributed by atoms with Crippen molar-refractivity contribution >= 4 is 57.3 Å². The molecular weight excluding hydrogens is 554 g/mol. The molecule has 13 nitrogen and oxygen atoms in total. The van der Waals surface area contributed by atoms with Crippen molar-refractivity contribution in [3.05, 3.63) is 72.2 Å². The molecule has 5 aromatic rings. The Labute approximate surface area is 246 Å². The molecule has 0 aliphatic carbocycles. The molecule has 0 aliphatic rings. The first-order chi connectivity index (χ1) is 20.9. The highest BCUT2D eigenvalue weighted by Gasteiger charge is 2.21. The zero-order chi connectivity index (χ0) is 30.3. The molecular formula is C30H31N7O6. The highest BCUT2D eigenvalue weighted by molar-refractivity contribution is 6.07. The van der Waals surface area contributed by atoms with Gasteiger partial charge in [-0.05, 0) is 62.4 Å². The lowest BCUT2D eigenvalue weighted by molar-refractivity contribution is -0.142. The van der Waals surface area contributed by atoms with Crippen molar-refractivity contribution in [3.8, 4) is 0 Å². The number of imidazole rings is 1.